The fourth-order valence-corrected chi connectivity index (χ4v) is 8.07. The van der Waals surface area contributed by atoms with E-state index in [1.54, 1.807) is 0 Å². The smallest absolute Gasteiger partial charge is 0.0630 e. The Balaban J connectivity index is 1.37. The van der Waals surface area contributed by atoms with Gasteiger partial charge in [-0.3, -0.25) is 0 Å². The van der Waals surface area contributed by atoms with Crippen molar-refractivity contribution in [1.82, 2.24) is 4.57 Å². The van der Waals surface area contributed by atoms with Crippen LogP contribution in [-0.4, -0.2) is 10.6 Å². The van der Waals surface area contributed by atoms with Crippen LogP contribution in [0.3, 0.4) is 0 Å². The highest BCUT2D eigenvalue weighted by atomic mass is 32.1. The van der Waals surface area contributed by atoms with Gasteiger partial charge in [0.25, 0.3) is 0 Å². The van der Waals surface area contributed by atoms with E-state index in [0.717, 1.165) is 0 Å². The molecule has 1 aliphatic carbocycles. The van der Waals surface area contributed by atoms with E-state index in [1.807, 2.05) is 11.3 Å². The first-order valence-corrected chi connectivity index (χ1v) is 14.4. The summed E-state index contributed by atoms with van der Waals surface area (Å²) < 4.78 is 5.13. The van der Waals surface area contributed by atoms with Gasteiger partial charge in [-0.05, 0) is 48.0 Å². The molecule has 2 unspecified atom stereocenters. The van der Waals surface area contributed by atoms with Gasteiger partial charge in [-0.1, -0.05) is 91.0 Å². The number of rotatable bonds is 2. The molecule has 39 heavy (non-hydrogen) atoms. The first kappa shape index (κ1) is 21.3. The molecule has 7 aromatic rings. The minimum absolute atomic E-state index is 0.253. The van der Waals surface area contributed by atoms with Crippen molar-refractivity contribution in [2.24, 2.45) is 0 Å². The fraction of sp³-hybridized carbons (Fsp3) is 0.0556. The normalized spacial score (nSPS) is 18.0. The summed E-state index contributed by atoms with van der Waals surface area (Å²) in [5.74, 6) is 0.317. The van der Waals surface area contributed by atoms with E-state index in [-0.39, 0.29) is 6.04 Å². The van der Waals surface area contributed by atoms with Crippen LogP contribution in [0.15, 0.2) is 133 Å². The molecule has 0 N–H and O–H groups in total. The van der Waals surface area contributed by atoms with Crippen LogP contribution in [0.25, 0.3) is 47.7 Å². The third kappa shape index (κ3) is 2.91. The van der Waals surface area contributed by atoms with Crippen LogP contribution in [0.4, 0.5) is 11.4 Å². The van der Waals surface area contributed by atoms with Crippen LogP contribution in [0.2, 0.25) is 0 Å². The van der Waals surface area contributed by atoms with Gasteiger partial charge >= 0.3 is 0 Å². The highest BCUT2D eigenvalue weighted by molar-refractivity contribution is 7.26. The quantitative estimate of drug-likeness (QED) is 0.222. The Morgan fingerprint density at radius 1 is 0.564 bits per heavy atom. The van der Waals surface area contributed by atoms with Crippen molar-refractivity contribution in [1.29, 1.82) is 0 Å². The highest BCUT2D eigenvalue weighted by Crippen LogP contribution is 2.52. The second kappa shape index (κ2) is 7.95. The summed E-state index contributed by atoms with van der Waals surface area (Å²) >= 11 is 1.91. The molecule has 0 radical (unpaired) electrons. The average Bonchev–Trinajstić information content (AvgIpc) is 3.64. The molecule has 0 saturated heterocycles. The van der Waals surface area contributed by atoms with E-state index in [9.17, 15) is 0 Å². The maximum absolute atomic E-state index is 2.60. The topological polar surface area (TPSA) is 8.17 Å². The van der Waals surface area contributed by atoms with Crippen LogP contribution in [0, 0.1) is 0 Å². The summed E-state index contributed by atoms with van der Waals surface area (Å²) in [6.45, 7) is 0. The number of hydrogen-bond acceptors (Lipinski definition) is 2. The Kier molecular flexibility index (Phi) is 4.35. The Morgan fingerprint density at radius 3 is 2.26 bits per heavy atom. The second-order valence-corrected chi connectivity index (χ2v) is 11.6. The Labute approximate surface area is 230 Å². The summed E-state index contributed by atoms with van der Waals surface area (Å²) in [7, 11) is 0. The van der Waals surface area contributed by atoms with Gasteiger partial charge in [-0.2, -0.15) is 0 Å². The van der Waals surface area contributed by atoms with E-state index in [0.29, 0.717) is 5.92 Å². The molecular formula is C36H24N2S. The number of hydrogen-bond donors (Lipinski definition) is 0. The monoisotopic (exact) mass is 516 g/mol. The number of aromatic nitrogens is 1. The zero-order valence-corrected chi connectivity index (χ0v) is 22.0. The van der Waals surface area contributed by atoms with E-state index in [1.165, 1.54) is 64.6 Å². The van der Waals surface area contributed by atoms with Crippen molar-refractivity contribution in [2.75, 3.05) is 4.90 Å². The molecule has 5 aromatic carbocycles. The third-order valence-electron chi connectivity index (χ3n) is 8.50. The molecule has 0 spiro atoms. The number of benzene rings is 5. The van der Waals surface area contributed by atoms with Crippen LogP contribution in [-0.2, 0) is 0 Å². The van der Waals surface area contributed by atoms with Gasteiger partial charge in [0, 0.05) is 43.5 Å². The molecule has 0 saturated carbocycles. The van der Waals surface area contributed by atoms with Gasteiger partial charge in [0.15, 0.2) is 0 Å². The van der Waals surface area contributed by atoms with Crippen molar-refractivity contribution in [3.8, 4) is 5.69 Å². The lowest BCUT2D eigenvalue weighted by molar-refractivity contribution is 0.747. The number of nitrogens with zero attached hydrogens (tertiary/aromatic N) is 2. The molecule has 2 aliphatic rings. The Bertz CT molecular complexity index is 2140. The first-order valence-electron chi connectivity index (χ1n) is 13.5. The fourth-order valence-electron chi connectivity index (χ4n) is 6.85. The highest BCUT2D eigenvalue weighted by Gasteiger charge is 2.39. The molecule has 3 heteroatoms. The summed E-state index contributed by atoms with van der Waals surface area (Å²) in [6.07, 6.45) is 9.19. The largest absolute Gasteiger partial charge is 0.332 e. The van der Waals surface area contributed by atoms with E-state index < -0.39 is 0 Å². The lowest BCUT2D eigenvalue weighted by Gasteiger charge is -2.29. The van der Waals surface area contributed by atoms with Gasteiger partial charge < -0.3 is 9.47 Å². The minimum atomic E-state index is 0.253. The van der Waals surface area contributed by atoms with Gasteiger partial charge in [0.2, 0.25) is 0 Å². The molecule has 3 heterocycles. The minimum Gasteiger partial charge on any atom is -0.332 e. The second-order valence-electron chi connectivity index (χ2n) is 10.5. The van der Waals surface area contributed by atoms with Crippen molar-refractivity contribution < 1.29 is 0 Å². The third-order valence-corrected chi connectivity index (χ3v) is 9.71. The van der Waals surface area contributed by atoms with Crippen molar-refractivity contribution in [3.05, 3.63) is 139 Å². The molecule has 0 fully saturated rings. The number of thiophene rings is 1. The van der Waals surface area contributed by atoms with Gasteiger partial charge in [-0.25, -0.2) is 0 Å². The van der Waals surface area contributed by atoms with Crippen LogP contribution < -0.4 is 4.90 Å². The molecule has 2 atom stereocenters. The summed E-state index contributed by atoms with van der Waals surface area (Å²) in [6, 6.07) is 40.4. The SMILES string of the molecule is C1=CC2c3cc4c5ccccc5n(-c5ccccc5)c4cc3N(c3cccc4c3sc3ccccc34)C2C=C1. The van der Waals surface area contributed by atoms with Crippen LogP contribution >= 0.6 is 11.3 Å². The predicted molar refractivity (Wildman–Crippen MR) is 167 cm³/mol. The summed E-state index contributed by atoms with van der Waals surface area (Å²) in [5, 5.41) is 5.30. The number of anilines is 2. The lowest BCUT2D eigenvalue weighted by atomic mass is 9.90. The van der Waals surface area contributed by atoms with Crippen molar-refractivity contribution in [2.45, 2.75) is 12.0 Å². The summed E-state index contributed by atoms with van der Waals surface area (Å²) in [4.78, 5) is 2.60. The molecule has 184 valence electrons. The molecule has 9 rings (SSSR count). The van der Waals surface area contributed by atoms with Crippen molar-refractivity contribution in [3.63, 3.8) is 0 Å². The molecule has 0 bridgehead atoms. The molecule has 2 nitrogen and oxygen atoms in total. The zero-order valence-electron chi connectivity index (χ0n) is 21.2. The maximum Gasteiger partial charge on any atom is 0.0630 e. The van der Waals surface area contributed by atoms with Gasteiger partial charge in [-0.15, -0.1) is 11.3 Å². The number of para-hydroxylation sites is 2. The average molecular weight is 517 g/mol. The molecule has 0 amide bonds. The molecule has 1 aliphatic heterocycles. The van der Waals surface area contributed by atoms with Crippen LogP contribution in [0.1, 0.15) is 11.5 Å². The molecular weight excluding hydrogens is 492 g/mol. The number of allylic oxidation sites excluding steroid dienone is 2. The predicted octanol–water partition coefficient (Wildman–Crippen LogP) is 9.88. The zero-order chi connectivity index (χ0) is 25.5. The standard InChI is InChI=1S/C36H24N2S/c1-2-11-23(12-3-1)37-30-17-7-4-13-24(30)28-21-29-25-14-5-8-18-31(25)38(34(29)22-33(28)37)32-19-10-16-27-26-15-6-9-20-35(26)39-36(27)32/h1-22,25,31H. The van der Waals surface area contributed by atoms with Gasteiger partial charge in [0.1, 0.15) is 0 Å². The van der Waals surface area contributed by atoms with E-state index in [4.69, 9.17) is 0 Å². The lowest BCUT2D eigenvalue weighted by Crippen LogP contribution is -2.28. The van der Waals surface area contributed by atoms with E-state index >= 15 is 0 Å². The Hall–Kier alpha value is -4.60. The van der Waals surface area contributed by atoms with Gasteiger partial charge in [0.05, 0.1) is 27.5 Å². The van der Waals surface area contributed by atoms with E-state index in [2.05, 4.69) is 143 Å². The molecule has 2 aromatic heterocycles. The maximum atomic E-state index is 2.60. The van der Waals surface area contributed by atoms with Crippen LogP contribution in [0.5, 0.6) is 0 Å². The first-order chi connectivity index (χ1) is 19.4. The van der Waals surface area contributed by atoms with Crippen molar-refractivity contribution >= 4 is 64.7 Å². The summed E-state index contributed by atoms with van der Waals surface area (Å²) in [5.41, 5.74) is 7.69. The Morgan fingerprint density at radius 2 is 1.33 bits per heavy atom. The number of fused-ring (bicyclic) bond motifs is 9.